The Hall–Kier alpha value is -3.66. The molecule has 1 atom stereocenters. The van der Waals surface area contributed by atoms with Crippen LogP contribution in [0.4, 0.5) is 5.69 Å². The van der Waals surface area contributed by atoms with Crippen molar-refractivity contribution >= 4 is 23.6 Å². The number of carbonyl (C=O) groups is 2. The molecule has 0 saturated heterocycles. The second-order valence-electron chi connectivity index (χ2n) is 7.28. The van der Waals surface area contributed by atoms with Crippen LogP contribution in [-0.4, -0.2) is 11.9 Å². The average molecular weight is 399 g/mol. The van der Waals surface area contributed by atoms with Crippen LogP contribution in [-0.2, 0) is 14.3 Å². The van der Waals surface area contributed by atoms with Gasteiger partial charge in [-0.05, 0) is 49.6 Å². The highest BCUT2D eigenvalue weighted by atomic mass is 16.5. The van der Waals surface area contributed by atoms with E-state index in [0.29, 0.717) is 11.3 Å². The summed E-state index contributed by atoms with van der Waals surface area (Å²) in [5.74, 6) is -0.979. The molecule has 0 fully saturated rings. The first kappa shape index (κ1) is 21.1. The van der Waals surface area contributed by atoms with Crippen LogP contribution in [0.5, 0.6) is 0 Å². The van der Waals surface area contributed by atoms with Gasteiger partial charge in [0.25, 0.3) is 5.91 Å². The van der Waals surface area contributed by atoms with Crippen LogP contribution in [0.3, 0.4) is 0 Å². The molecule has 0 radical (unpaired) electrons. The van der Waals surface area contributed by atoms with Crippen LogP contribution in [0.25, 0.3) is 6.08 Å². The fraction of sp³-hybridized carbons (Fsp3) is 0.154. The Bertz CT molecular complexity index is 1050. The van der Waals surface area contributed by atoms with Crippen molar-refractivity contribution in [3.63, 3.8) is 0 Å². The van der Waals surface area contributed by atoms with Crippen LogP contribution < -0.4 is 5.32 Å². The summed E-state index contributed by atoms with van der Waals surface area (Å²) in [5, 5.41) is 2.89. The first-order valence-corrected chi connectivity index (χ1v) is 9.81. The van der Waals surface area contributed by atoms with Gasteiger partial charge in [0.05, 0.1) is 0 Å². The van der Waals surface area contributed by atoms with Gasteiger partial charge >= 0.3 is 5.97 Å². The first-order chi connectivity index (χ1) is 14.4. The molecule has 0 aliphatic heterocycles. The molecule has 0 bridgehead atoms. The van der Waals surface area contributed by atoms with Gasteiger partial charge in [0.1, 0.15) is 0 Å². The molecule has 3 aromatic carbocycles. The SMILES string of the molecule is Cc1ccc(/C=C/C(=O)O[C@H](C(=O)Nc2cc(C)ccc2C)c2ccccc2)cc1. The van der Waals surface area contributed by atoms with Gasteiger partial charge in [-0.2, -0.15) is 0 Å². The van der Waals surface area contributed by atoms with Crippen molar-refractivity contribution in [1.82, 2.24) is 0 Å². The number of hydrogen-bond donors (Lipinski definition) is 1. The van der Waals surface area contributed by atoms with E-state index in [1.165, 1.54) is 6.08 Å². The van der Waals surface area contributed by atoms with E-state index in [-0.39, 0.29) is 0 Å². The summed E-state index contributed by atoms with van der Waals surface area (Å²) >= 11 is 0. The van der Waals surface area contributed by atoms with Gasteiger partial charge in [-0.15, -0.1) is 0 Å². The van der Waals surface area contributed by atoms with Crippen molar-refractivity contribution in [3.8, 4) is 0 Å². The first-order valence-electron chi connectivity index (χ1n) is 9.81. The van der Waals surface area contributed by atoms with E-state index in [1.807, 2.05) is 81.4 Å². The molecule has 0 aromatic heterocycles. The van der Waals surface area contributed by atoms with E-state index in [1.54, 1.807) is 18.2 Å². The van der Waals surface area contributed by atoms with Crippen LogP contribution in [0, 0.1) is 20.8 Å². The largest absolute Gasteiger partial charge is 0.444 e. The molecule has 1 N–H and O–H groups in total. The average Bonchev–Trinajstić information content (AvgIpc) is 2.74. The highest BCUT2D eigenvalue weighted by molar-refractivity contribution is 5.98. The third kappa shape index (κ3) is 5.67. The summed E-state index contributed by atoms with van der Waals surface area (Å²) in [7, 11) is 0. The molecular weight excluding hydrogens is 374 g/mol. The maximum Gasteiger partial charge on any atom is 0.331 e. The number of anilines is 1. The predicted molar refractivity (Wildman–Crippen MR) is 120 cm³/mol. The standard InChI is InChI=1S/C26H25NO3/c1-18-10-13-21(14-11-18)15-16-24(28)30-25(22-7-5-4-6-8-22)26(29)27-23-17-19(2)9-12-20(23)3/h4-17,25H,1-3H3,(H,27,29)/b16-15+/t25-/m0/s1. The molecule has 0 aliphatic carbocycles. The number of ether oxygens (including phenoxy) is 1. The fourth-order valence-electron chi connectivity index (χ4n) is 2.97. The lowest BCUT2D eigenvalue weighted by Crippen LogP contribution is -2.25. The molecule has 1 amide bonds. The fourth-order valence-corrected chi connectivity index (χ4v) is 2.97. The topological polar surface area (TPSA) is 55.4 Å². The smallest absolute Gasteiger partial charge is 0.331 e. The molecule has 4 heteroatoms. The Morgan fingerprint density at radius 1 is 0.867 bits per heavy atom. The molecule has 0 unspecified atom stereocenters. The molecule has 30 heavy (non-hydrogen) atoms. The van der Waals surface area contributed by atoms with Gasteiger partial charge in [-0.1, -0.05) is 72.3 Å². The van der Waals surface area contributed by atoms with Gasteiger partial charge in [0, 0.05) is 17.3 Å². The maximum absolute atomic E-state index is 13.0. The monoisotopic (exact) mass is 399 g/mol. The Morgan fingerprint density at radius 3 is 2.23 bits per heavy atom. The molecule has 4 nitrogen and oxygen atoms in total. The molecule has 152 valence electrons. The normalized spacial score (nSPS) is 11.8. The van der Waals surface area contributed by atoms with E-state index >= 15 is 0 Å². The minimum absolute atomic E-state index is 0.396. The zero-order valence-electron chi connectivity index (χ0n) is 17.4. The van der Waals surface area contributed by atoms with Gasteiger partial charge in [0.2, 0.25) is 6.10 Å². The van der Waals surface area contributed by atoms with E-state index in [2.05, 4.69) is 5.32 Å². The van der Waals surface area contributed by atoms with Crippen molar-refractivity contribution < 1.29 is 14.3 Å². The number of amides is 1. The second-order valence-corrected chi connectivity index (χ2v) is 7.28. The molecule has 0 saturated carbocycles. The molecule has 0 heterocycles. The van der Waals surface area contributed by atoms with Crippen LogP contribution in [0.1, 0.15) is 33.9 Å². The number of hydrogen-bond acceptors (Lipinski definition) is 3. The zero-order valence-corrected chi connectivity index (χ0v) is 17.4. The summed E-state index contributed by atoms with van der Waals surface area (Å²) in [5.41, 5.74) is 5.30. The summed E-state index contributed by atoms with van der Waals surface area (Å²) < 4.78 is 5.55. The lowest BCUT2D eigenvalue weighted by atomic mass is 10.1. The zero-order chi connectivity index (χ0) is 21.5. The van der Waals surface area contributed by atoms with Crippen LogP contribution >= 0.6 is 0 Å². The Morgan fingerprint density at radius 2 is 1.53 bits per heavy atom. The number of rotatable bonds is 6. The second kappa shape index (κ2) is 9.70. The van der Waals surface area contributed by atoms with Crippen molar-refractivity contribution in [1.29, 1.82) is 0 Å². The lowest BCUT2D eigenvalue weighted by Gasteiger charge is -2.18. The Labute approximate surface area is 177 Å². The van der Waals surface area contributed by atoms with Crippen molar-refractivity contribution in [2.45, 2.75) is 26.9 Å². The van der Waals surface area contributed by atoms with Crippen molar-refractivity contribution in [2.75, 3.05) is 5.32 Å². The molecular formula is C26H25NO3. The van der Waals surface area contributed by atoms with Crippen molar-refractivity contribution in [2.24, 2.45) is 0 Å². The van der Waals surface area contributed by atoms with Gasteiger partial charge in [-0.3, -0.25) is 4.79 Å². The van der Waals surface area contributed by atoms with E-state index < -0.39 is 18.0 Å². The highest BCUT2D eigenvalue weighted by Gasteiger charge is 2.24. The minimum Gasteiger partial charge on any atom is -0.444 e. The number of aryl methyl sites for hydroxylation is 3. The summed E-state index contributed by atoms with van der Waals surface area (Å²) in [6.45, 7) is 5.88. The van der Waals surface area contributed by atoms with Gasteiger partial charge in [-0.25, -0.2) is 4.79 Å². The molecule has 3 rings (SSSR count). The van der Waals surface area contributed by atoms with Crippen LogP contribution in [0.2, 0.25) is 0 Å². The number of esters is 1. The Kier molecular flexibility index (Phi) is 6.81. The van der Waals surface area contributed by atoms with Crippen LogP contribution in [0.15, 0.2) is 78.9 Å². The number of benzene rings is 3. The summed E-state index contributed by atoms with van der Waals surface area (Å²) in [6.07, 6.45) is 1.96. The van der Waals surface area contributed by atoms with E-state index in [9.17, 15) is 9.59 Å². The quantitative estimate of drug-likeness (QED) is 0.437. The Balaban J connectivity index is 1.78. The lowest BCUT2D eigenvalue weighted by molar-refractivity contribution is -0.149. The van der Waals surface area contributed by atoms with E-state index in [4.69, 9.17) is 4.74 Å². The third-order valence-electron chi connectivity index (χ3n) is 4.71. The number of nitrogens with one attached hydrogen (secondary N) is 1. The summed E-state index contributed by atoms with van der Waals surface area (Å²) in [4.78, 5) is 25.5. The summed E-state index contributed by atoms with van der Waals surface area (Å²) in [6, 6.07) is 22.6. The molecule has 0 spiro atoms. The maximum atomic E-state index is 13.0. The van der Waals surface area contributed by atoms with Gasteiger partial charge in [0.15, 0.2) is 0 Å². The number of carbonyl (C=O) groups excluding carboxylic acids is 2. The van der Waals surface area contributed by atoms with E-state index in [0.717, 1.165) is 22.3 Å². The molecule has 0 aliphatic rings. The minimum atomic E-state index is -1.05. The molecule has 3 aromatic rings. The third-order valence-corrected chi connectivity index (χ3v) is 4.71. The van der Waals surface area contributed by atoms with Crippen molar-refractivity contribution in [3.05, 3.63) is 107 Å². The predicted octanol–water partition coefficient (Wildman–Crippen LogP) is 5.55. The highest BCUT2D eigenvalue weighted by Crippen LogP contribution is 2.23. The van der Waals surface area contributed by atoms with Gasteiger partial charge < -0.3 is 10.1 Å².